The molecule has 0 bridgehead atoms. The van der Waals surface area contributed by atoms with Crippen molar-refractivity contribution in [3.05, 3.63) is 48.0 Å². The van der Waals surface area contributed by atoms with Crippen LogP contribution in [0.25, 0.3) is 0 Å². The molecule has 0 aliphatic rings. The van der Waals surface area contributed by atoms with Crippen LogP contribution in [0.2, 0.25) is 13.1 Å². The van der Waals surface area contributed by atoms with Gasteiger partial charge in [-0.25, -0.2) is 9.97 Å². The second kappa shape index (κ2) is 6.95. The van der Waals surface area contributed by atoms with Gasteiger partial charge in [-0.05, 0) is 43.8 Å². The molecule has 0 atom stereocenters. The van der Waals surface area contributed by atoms with Crippen molar-refractivity contribution in [1.29, 1.82) is 0 Å². The molecule has 0 saturated carbocycles. The van der Waals surface area contributed by atoms with Crippen LogP contribution in [0, 0.1) is 6.92 Å². The summed E-state index contributed by atoms with van der Waals surface area (Å²) < 4.78 is 5.86. The van der Waals surface area contributed by atoms with Crippen LogP contribution in [0.15, 0.2) is 41.7 Å². The minimum Gasteiger partial charge on any atom is -0.541 e. The fourth-order valence-corrected chi connectivity index (χ4v) is 2.31. The quantitative estimate of drug-likeness (QED) is 0.625. The van der Waals surface area contributed by atoms with Crippen molar-refractivity contribution >= 4 is 20.9 Å². The molecule has 2 rings (SSSR count). The number of rotatable bonds is 5. The van der Waals surface area contributed by atoms with E-state index in [0.717, 1.165) is 17.3 Å². The molecule has 0 spiro atoms. The maximum atomic E-state index is 5.86. The zero-order chi connectivity index (χ0) is 14.4. The van der Waals surface area contributed by atoms with Crippen LogP contribution in [0.5, 0.6) is 5.75 Å². The number of hydrogen-bond donors (Lipinski definition) is 0. The Morgan fingerprint density at radius 3 is 2.70 bits per heavy atom. The van der Waals surface area contributed by atoms with Crippen LogP contribution >= 0.6 is 0 Å². The van der Waals surface area contributed by atoms with E-state index in [0.29, 0.717) is 6.42 Å². The van der Waals surface area contributed by atoms with Crippen molar-refractivity contribution < 1.29 is 4.43 Å². The summed E-state index contributed by atoms with van der Waals surface area (Å²) >= 11 is 0. The third-order valence-corrected chi connectivity index (χ3v) is 3.18. The van der Waals surface area contributed by atoms with E-state index in [1.165, 1.54) is 5.56 Å². The smallest absolute Gasteiger partial charge is 0.274 e. The van der Waals surface area contributed by atoms with Gasteiger partial charge in [-0.2, -0.15) is 0 Å². The lowest BCUT2D eigenvalue weighted by Crippen LogP contribution is -2.11. The molecule has 5 heteroatoms. The first-order valence-corrected chi connectivity index (χ1v) is 8.93. The Balaban J connectivity index is 2.13. The maximum absolute atomic E-state index is 5.86. The Morgan fingerprint density at radius 1 is 1.25 bits per heavy atom. The summed E-state index contributed by atoms with van der Waals surface area (Å²) in [5, 5.41) is 0. The van der Waals surface area contributed by atoms with Crippen LogP contribution in [0.4, 0.5) is 5.69 Å². The Bertz CT molecular complexity index is 585. The van der Waals surface area contributed by atoms with Crippen molar-refractivity contribution in [1.82, 2.24) is 9.97 Å². The first-order chi connectivity index (χ1) is 9.65. The molecular weight excluding hydrogens is 266 g/mol. The van der Waals surface area contributed by atoms with Crippen molar-refractivity contribution in [2.45, 2.75) is 26.4 Å². The topological polar surface area (TPSA) is 47.4 Å². The van der Waals surface area contributed by atoms with Gasteiger partial charge in [0.2, 0.25) is 0 Å². The number of hydrogen-bond acceptors (Lipinski definition) is 4. The highest BCUT2D eigenvalue weighted by molar-refractivity contribution is 6.49. The highest BCUT2D eigenvalue weighted by Gasteiger charge is 2.06. The van der Waals surface area contributed by atoms with E-state index < -0.39 is 9.04 Å². The van der Waals surface area contributed by atoms with E-state index in [4.69, 9.17) is 4.43 Å². The number of aryl methyl sites for hydroxylation is 1. The first kappa shape index (κ1) is 14.4. The standard InChI is InChI=1S/C15H18N3OSi/c1-12-5-6-14(19-20(2)3)13(11-12)16-10-7-15-17-8-4-9-18-15/h4-6,8-11H,7H2,1-3H3. The summed E-state index contributed by atoms with van der Waals surface area (Å²) in [6.45, 7) is 6.26. The molecule has 0 fully saturated rings. The molecule has 1 radical (unpaired) electrons. The summed E-state index contributed by atoms with van der Waals surface area (Å²) in [6, 6.07) is 7.86. The molecule has 20 heavy (non-hydrogen) atoms. The molecular formula is C15H18N3OSi. The van der Waals surface area contributed by atoms with Gasteiger partial charge in [0.05, 0.1) is 0 Å². The summed E-state index contributed by atoms with van der Waals surface area (Å²) in [5.74, 6) is 1.61. The second-order valence-corrected chi connectivity index (χ2v) is 6.68. The van der Waals surface area contributed by atoms with E-state index in [9.17, 15) is 0 Å². The average molecular weight is 284 g/mol. The van der Waals surface area contributed by atoms with Gasteiger partial charge in [0.1, 0.15) is 17.3 Å². The Labute approximate surface area is 121 Å². The van der Waals surface area contributed by atoms with Crippen molar-refractivity contribution in [3.8, 4) is 5.75 Å². The largest absolute Gasteiger partial charge is 0.541 e. The summed E-state index contributed by atoms with van der Waals surface area (Å²) in [6.07, 6.45) is 5.92. The number of benzene rings is 1. The second-order valence-electron chi connectivity index (χ2n) is 4.66. The fraction of sp³-hybridized carbons (Fsp3) is 0.267. The van der Waals surface area contributed by atoms with Gasteiger partial charge in [0.15, 0.2) is 0 Å². The highest BCUT2D eigenvalue weighted by Crippen LogP contribution is 2.28. The molecule has 0 aliphatic heterocycles. The summed E-state index contributed by atoms with van der Waals surface area (Å²) in [4.78, 5) is 12.8. The lowest BCUT2D eigenvalue weighted by Gasteiger charge is -2.11. The minimum absolute atomic E-state index is 0.615. The van der Waals surface area contributed by atoms with Gasteiger partial charge in [-0.3, -0.25) is 4.99 Å². The molecule has 0 aliphatic carbocycles. The SMILES string of the molecule is Cc1ccc(O[Si](C)C)c(N=CCc2ncccn2)c1. The highest BCUT2D eigenvalue weighted by atomic mass is 28.3. The monoisotopic (exact) mass is 284 g/mol. The number of aliphatic imine (C=N–C) groups is 1. The molecule has 2 aromatic rings. The normalized spacial score (nSPS) is 11.2. The first-order valence-electron chi connectivity index (χ1n) is 6.52. The van der Waals surface area contributed by atoms with Gasteiger partial charge in [-0.1, -0.05) is 6.07 Å². The van der Waals surface area contributed by atoms with Crippen LogP contribution in [0.3, 0.4) is 0 Å². The van der Waals surface area contributed by atoms with Gasteiger partial charge in [-0.15, -0.1) is 0 Å². The van der Waals surface area contributed by atoms with Gasteiger partial charge >= 0.3 is 0 Å². The predicted octanol–water partition coefficient (Wildman–Crippen LogP) is 3.36. The number of nitrogens with zero attached hydrogens (tertiary/aromatic N) is 3. The lowest BCUT2D eigenvalue weighted by molar-refractivity contribution is 0.582. The van der Waals surface area contributed by atoms with E-state index in [1.807, 2.05) is 31.3 Å². The average Bonchev–Trinajstić information content (AvgIpc) is 2.42. The van der Waals surface area contributed by atoms with Gasteiger partial charge in [0, 0.05) is 25.0 Å². The molecule has 0 saturated heterocycles. The zero-order valence-electron chi connectivity index (χ0n) is 12.0. The van der Waals surface area contributed by atoms with E-state index >= 15 is 0 Å². The molecule has 1 aromatic carbocycles. The minimum atomic E-state index is -0.796. The third kappa shape index (κ3) is 4.27. The molecule has 1 aromatic heterocycles. The fourth-order valence-electron chi connectivity index (χ4n) is 1.70. The Morgan fingerprint density at radius 2 is 2.00 bits per heavy atom. The van der Waals surface area contributed by atoms with E-state index in [-0.39, 0.29) is 0 Å². The zero-order valence-corrected chi connectivity index (χ0v) is 13.0. The van der Waals surface area contributed by atoms with Crippen molar-refractivity contribution in [3.63, 3.8) is 0 Å². The number of aromatic nitrogens is 2. The Kier molecular flexibility index (Phi) is 5.01. The van der Waals surface area contributed by atoms with Crippen molar-refractivity contribution in [2.24, 2.45) is 4.99 Å². The molecule has 103 valence electrons. The van der Waals surface area contributed by atoms with Crippen molar-refractivity contribution in [2.75, 3.05) is 0 Å². The summed E-state index contributed by atoms with van der Waals surface area (Å²) in [7, 11) is -0.796. The van der Waals surface area contributed by atoms with Crippen LogP contribution in [-0.2, 0) is 6.42 Å². The lowest BCUT2D eigenvalue weighted by atomic mass is 10.2. The predicted molar refractivity (Wildman–Crippen MR) is 83.2 cm³/mol. The maximum Gasteiger partial charge on any atom is 0.274 e. The summed E-state index contributed by atoms with van der Waals surface area (Å²) in [5.41, 5.74) is 2.04. The van der Waals surface area contributed by atoms with Gasteiger partial charge in [0.25, 0.3) is 9.04 Å². The van der Waals surface area contributed by atoms with Crippen LogP contribution < -0.4 is 4.43 Å². The van der Waals surface area contributed by atoms with E-state index in [2.05, 4.69) is 28.1 Å². The van der Waals surface area contributed by atoms with Crippen LogP contribution in [-0.4, -0.2) is 25.2 Å². The molecule has 1 heterocycles. The molecule has 0 unspecified atom stereocenters. The Hall–Kier alpha value is -2.01. The third-order valence-electron chi connectivity index (χ3n) is 2.55. The molecule has 4 nitrogen and oxygen atoms in total. The van der Waals surface area contributed by atoms with Gasteiger partial charge < -0.3 is 4.43 Å². The van der Waals surface area contributed by atoms with E-state index in [1.54, 1.807) is 18.5 Å². The van der Waals surface area contributed by atoms with Crippen LogP contribution in [0.1, 0.15) is 11.4 Å². The molecule has 0 N–H and O–H groups in total. The molecule has 0 amide bonds.